The lowest BCUT2D eigenvalue weighted by atomic mass is 9.92. The molecule has 1 N–H and O–H groups in total. The highest BCUT2D eigenvalue weighted by Gasteiger charge is 2.41. The first-order valence-corrected chi connectivity index (χ1v) is 8.36. The summed E-state index contributed by atoms with van der Waals surface area (Å²) in [6, 6.07) is 9.92. The molecule has 1 fully saturated rings. The summed E-state index contributed by atoms with van der Waals surface area (Å²) in [7, 11) is 0. The van der Waals surface area contributed by atoms with E-state index in [2.05, 4.69) is 12.2 Å². The van der Waals surface area contributed by atoms with Crippen LogP contribution in [-0.2, 0) is 16.1 Å². The van der Waals surface area contributed by atoms with Crippen LogP contribution in [0.15, 0.2) is 42.5 Å². The summed E-state index contributed by atoms with van der Waals surface area (Å²) in [5.41, 5.74) is 1.09. The molecule has 1 aromatic rings. The van der Waals surface area contributed by atoms with Crippen molar-refractivity contribution in [3.05, 3.63) is 48.0 Å². The van der Waals surface area contributed by atoms with Gasteiger partial charge in [0.25, 0.3) is 0 Å². The summed E-state index contributed by atoms with van der Waals surface area (Å²) in [6.07, 6.45) is 7.09. The Hall–Kier alpha value is -2.10. The molecule has 4 nitrogen and oxygen atoms in total. The summed E-state index contributed by atoms with van der Waals surface area (Å²) in [5, 5.41) is 8.84. The fraction of sp³-hybridized carbons (Fsp3) is 0.474. The molecule has 0 aliphatic heterocycles. The Labute approximate surface area is 136 Å². The van der Waals surface area contributed by atoms with Crippen LogP contribution in [0.1, 0.15) is 31.2 Å². The third kappa shape index (κ3) is 3.81. The summed E-state index contributed by atoms with van der Waals surface area (Å²) < 4.78 is 0. The third-order valence-electron chi connectivity index (χ3n) is 4.94. The molecule has 0 spiro atoms. The van der Waals surface area contributed by atoms with E-state index in [1.807, 2.05) is 35.2 Å². The second-order valence-corrected chi connectivity index (χ2v) is 6.63. The van der Waals surface area contributed by atoms with Crippen LogP contribution in [0.4, 0.5) is 0 Å². The van der Waals surface area contributed by atoms with Gasteiger partial charge in [0.05, 0.1) is 0 Å². The minimum absolute atomic E-state index is 0.0820. The quantitative estimate of drug-likeness (QED) is 0.787. The number of carboxylic acid groups (broad SMARTS) is 1. The Morgan fingerprint density at radius 3 is 2.52 bits per heavy atom. The Bertz CT molecular complexity index is 596. The van der Waals surface area contributed by atoms with Crippen LogP contribution in [0.5, 0.6) is 0 Å². The minimum atomic E-state index is -0.806. The maximum Gasteiger partial charge on any atom is 0.303 e. The van der Waals surface area contributed by atoms with Crippen LogP contribution < -0.4 is 0 Å². The Morgan fingerprint density at radius 2 is 1.91 bits per heavy atom. The standard InChI is InChI=1S/C19H23NO3/c21-18(22)7-4-10-20(13-14-5-2-1-3-6-14)19(23)17-12-15-8-9-16(17)11-15/h1-3,5-6,8-9,15-17H,4,7,10-13H2,(H,21,22). The van der Waals surface area contributed by atoms with Crippen molar-refractivity contribution in [1.29, 1.82) is 0 Å². The third-order valence-corrected chi connectivity index (χ3v) is 4.94. The van der Waals surface area contributed by atoms with Crippen molar-refractivity contribution in [2.75, 3.05) is 6.54 Å². The number of carbonyl (C=O) groups is 2. The second-order valence-electron chi connectivity index (χ2n) is 6.63. The van der Waals surface area contributed by atoms with Gasteiger partial charge in [0.1, 0.15) is 0 Å². The number of benzene rings is 1. The molecule has 3 rings (SSSR count). The van der Waals surface area contributed by atoms with Crippen molar-refractivity contribution in [3.8, 4) is 0 Å². The van der Waals surface area contributed by atoms with Crippen molar-refractivity contribution < 1.29 is 14.7 Å². The molecule has 2 bridgehead atoms. The predicted molar refractivity (Wildman–Crippen MR) is 87.6 cm³/mol. The van der Waals surface area contributed by atoms with Crippen LogP contribution in [-0.4, -0.2) is 28.4 Å². The average molecular weight is 313 g/mol. The number of carboxylic acids is 1. The number of carbonyl (C=O) groups excluding carboxylic acids is 1. The highest BCUT2D eigenvalue weighted by atomic mass is 16.4. The Morgan fingerprint density at radius 1 is 1.13 bits per heavy atom. The molecule has 2 aliphatic carbocycles. The Kier molecular flexibility index (Phi) is 4.79. The zero-order chi connectivity index (χ0) is 16.2. The van der Waals surface area contributed by atoms with E-state index in [-0.39, 0.29) is 18.2 Å². The van der Waals surface area contributed by atoms with Gasteiger partial charge in [-0.3, -0.25) is 9.59 Å². The van der Waals surface area contributed by atoms with E-state index in [9.17, 15) is 9.59 Å². The van der Waals surface area contributed by atoms with E-state index in [0.29, 0.717) is 31.3 Å². The maximum absolute atomic E-state index is 13.0. The lowest BCUT2D eigenvalue weighted by Gasteiger charge is -2.28. The zero-order valence-corrected chi connectivity index (χ0v) is 13.2. The molecule has 1 amide bonds. The van der Waals surface area contributed by atoms with Crippen LogP contribution >= 0.6 is 0 Å². The van der Waals surface area contributed by atoms with E-state index < -0.39 is 5.97 Å². The van der Waals surface area contributed by atoms with Gasteiger partial charge < -0.3 is 10.0 Å². The van der Waals surface area contributed by atoms with Gasteiger partial charge in [0.15, 0.2) is 0 Å². The van der Waals surface area contributed by atoms with E-state index in [1.54, 1.807) is 0 Å². The SMILES string of the molecule is O=C(O)CCCN(Cc1ccccc1)C(=O)C1CC2C=CC1C2. The van der Waals surface area contributed by atoms with Gasteiger partial charge in [0.2, 0.25) is 5.91 Å². The van der Waals surface area contributed by atoms with Crippen molar-refractivity contribution in [1.82, 2.24) is 4.90 Å². The van der Waals surface area contributed by atoms with Gasteiger partial charge in [-0.15, -0.1) is 0 Å². The zero-order valence-electron chi connectivity index (χ0n) is 13.2. The van der Waals surface area contributed by atoms with E-state index in [4.69, 9.17) is 5.11 Å². The van der Waals surface area contributed by atoms with Gasteiger partial charge in [-0.05, 0) is 36.7 Å². The number of allylic oxidation sites excluding steroid dienone is 2. The number of amides is 1. The minimum Gasteiger partial charge on any atom is -0.481 e. The number of nitrogens with zero attached hydrogens (tertiary/aromatic N) is 1. The van der Waals surface area contributed by atoms with Gasteiger partial charge in [-0.25, -0.2) is 0 Å². The number of hydrogen-bond donors (Lipinski definition) is 1. The highest BCUT2D eigenvalue weighted by molar-refractivity contribution is 5.80. The molecule has 2 aliphatic rings. The highest BCUT2D eigenvalue weighted by Crippen LogP contribution is 2.44. The smallest absolute Gasteiger partial charge is 0.303 e. The van der Waals surface area contributed by atoms with Crippen LogP contribution in [0.25, 0.3) is 0 Å². The molecule has 1 saturated carbocycles. The summed E-state index contributed by atoms with van der Waals surface area (Å²) in [5.74, 6) is 0.409. The second kappa shape index (κ2) is 6.99. The molecule has 23 heavy (non-hydrogen) atoms. The van der Waals surface area contributed by atoms with Crippen LogP contribution in [0.3, 0.4) is 0 Å². The van der Waals surface area contributed by atoms with Crippen LogP contribution in [0.2, 0.25) is 0 Å². The van der Waals surface area contributed by atoms with E-state index in [0.717, 1.165) is 18.4 Å². The molecule has 0 radical (unpaired) electrons. The molecule has 4 heteroatoms. The molecule has 3 unspecified atom stereocenters. The van der Waals surface area contributed by atoms with Gasteiger partial charge in [-0.1, -0.05) is 42.5 Å². The van der Waals surface area contributed by atoms with Crippen molar-refractivity contribution in [2.24, 2.45) is 17.8 Å². The molecule has 0 aromatic heterocycles. The molecule has 1 aromatic carbocycles. The lowest BCUT2D eigenvalue weighted by Crippen LogP contribution is -2.38. The number of rotatable bonds is 7. The van der Waals surface area contributed by atoms with Gasteiger partial charge >= 0.3 is 5.97 Å². The Balaban J connectivity index is 1.67. The fourth-order valence-electron chi connectivity index (χ4n) is 3.79. The fourth-order valence-corrected chi connectivity index (χ4v) is 3.79. The average Bonchev–Trinajstić information content (AvgIpc) is 3.17. The number of aliphatic carboxylic acids is 1. The molecule has 122 valence electrons. The first-order valence-electron chi connectivity index (χ1n) is 8.36. The van der Waals surface area contributed by atoms with Gasteiger partial charge in [0, 0.05) is 25.4 Å². The van der Waals surface area contributed by atoms with Crippen molar-refractivity contribution in [2.45, 2.75) is 32.2 Å². The van der Waals surface area contributed by atoms with Gasteiger partial charge in [-0.2, -0.15) is 0 Å². The first kappa shape index (κ1) is 15.8. The monoisotopic (exact) mass is 313 g/mol. The predicted octanol–water partition coefficient (Wildman–Crippen LogP) is 3.09. The molecule has 3 atom stereocenters. The molecular formula is C19H23NO3. The van der Waals surface area contributed by atoms with E-state index in [1.165, 1.54) is 0 Å². The summed E-state index contributed by atoms with van der Waals surface area (Å²) >= 11 is 0. The maximum atomic E-state index is 13.0. The first-order chi connectivity index (χ1) is 11.1. The number of fused-ring (bicyclic) bond motifs is 2. The molecule has 0 heterocycles. The molecule has 0 saturated heterocycles. The summed E-state index contributed by atoms with van der Waals surface area (Å²) in [4.78, 5) is 25.6. The molecular weight excluding hydrogens is 290 g/mol. The number of hydrogen-bond acceptors (Lipinski definition) is 2. The van der Waals surface area contributed by atoms with E-state index >= 15 is 0 Å². The summed E-state index contributed by atoms with van der Waals surface area (Å²) in [6.45, 7) is 1.08. The van der Waals surface area contributed by atoms with Crippen molar-refractivity contribution >= 4 is 11.9 Å². The van der Waals surface area contributed by atoms with Crippen molar-refractivity contribution in [3.63, 3.8) is 0 Å². The largest absolute Gasteiger partial charge is 0.481 e. The van der Waals surface area contributed by atoms with Crippen LogP contribution in [0, 0.1) is 17.8 Å². The lowest BCUT2D eigenvalue weighted by molar-refractivity contribution is -0.140. The topological polar surface area (TPSA) is 57.6 Å². The normalized spacial score (nSPS) is 24.8.